The molecular formula is C23H29N3O2S. The number of hydrogen-bond acceptors (Lipinski definition) is 5. The van der Waals surface area contributed by atoms with Crippen molar-refractivity contribution in [3.63, 3.8) is 0 Å². The number of ether oxygens (including phenoxy) is 1. The molecule has 0 amide bonds. The fourth-order valence-electron chi connectivity index (χ4n) is 3.99. The Bertz CT molecular complexity index is 1070. The van der Waals surface area contributed by atoms with Gasteiger partial charge in [-0.3, -0.25) is 9.36 Å². The minimum Gasteiger partial charge on any atom is -0.492 e. The summed E-state index contributed by atoms with van der Waals surface area (Å²) >= 11 is 1.72. The normalized spacial score (nSPS) is 16.4. The molecule has 1 aliphatic carbocycles. The molecule has 0 aliphatic heterocycles. The van der Waals surface area contributed by atoms with Crippen molar-refractivity contribution in [3.05, 3.63) is 56.4 Å². The molecule has 0 saturated carbocycles. The predicted molar refractivity (Wildman–Crippen MR) is 119 cm³/mol. The first-order chi connectivity index (χ1) is 13.9. The highest BCUT2D eigenvalue weighted by Gasteiger charge is 2.24. The number of thiophene rings is 1. The number of fused-ring (bicyclic) bond motifs is 3. The van der Waals surface area contributed by atoms with Gasteiger partial charge in [0, 0.05) is 4.88 Å². The molecule has 0 radical (unpaired) electrons. The number of aromatic nitrogens is 2. The van der Waals surface area contributed by atoms with Gasteiger partial charge in [0.05, 0.1) is 18.5 Å². The maximum absolute atomic E-state index is 13.5. The van der Waals surface area contributed by atoms with Crippen LogP contribution in [0, 0.1) is 12.8 Å². The van der Waals surface area contributed by atoms with E-state index in [1.807, 2.05) is 42.9 Å². The van der Waals surface area contributed by atoms with Crippen LogP contribution in [0.2, 0.25) is 0 Å². The lowest BCUT2D eigenvalue weighted by Gasteiger charge is -2.18. The summed E-state index contributed by atoms with van der Waals surface area (Å²) in [6.07, 6.45) is 3.20. The van der Waals surface area contributed by atoms with Gasteiger partial charge in [0.1, 0.15) is 23.0 Å². The second-order valence-corrected chi connectivity index (χ2v) is 9.50. The fourth-order valence-corrected chi connectivity index (χ4v) is 5.38. The minimum atomic E-state index is 0.0893. The largest absolute Gasteiger partial charge is 0.492 e. The molecule has 29 heavy (non-hydrogen) atoms. The summed E-state index contributed by atoms with van der Waals surface area (Å²) in [5.74, 6) is 2.32. The molecule has 0 saturated heterocycles. The molecule has 4 rings (SSSR count). The zero-order valence-electron chi connectivity index (χ0n) is 17.7. The SMILES string of the molecule is Cc1ccc(OCCn2c(CN(C)C)nc3sc4c(c3c2=O)CCC(C)C4)cc1. The highest BCUT2D eigenvalue weighted by atomic mass is 32.1. The predicted octanol–water partition coefficient (Wildman–Crippen LogP) is 4.03. The van der Waals surface area contributed by atoms with Crippen molar-refractivity contribution in [2.75, 3.05) is 20.7 Å². The van der Waals surface area contributed by atoms with E-state index in [1.54, 1.807) is 11.3 Å². The molecule has 0 N–H and O–H groups in total. The molecule has 1 aliphatic rings. The molecule has 5 nitrogen and oxygen atoms in total. The van der Waals surface area contributed by atoms with E-state index in [4.69, 9.17) is 9.72 Å². The van der Waals surface area contributed by atoms with Gasteiger partial charge in [-0.15, -0.1) is 11.3 Å². The summed E-state index contributed by atoms with van der Waals surface area (Å²) in [6.45, 7) is 5.92. The quantitative estimate of drug-likeness (QED) is 0.614. The highest BCUT2D eigenvalue weighted by molar-refractivity contribution is 7.18. The van der Waals surface area contributed by atoms with E-state index in [2.05, 4.69) is 18.7 Å². The van der Waals surface area contributed by atoms with Crippen LogP contribution < -0.4 is 10.3 Å². The minimum absolute atomic E-state index is 0.0893. The van der Waals surface area contributed by atoms with Crippen molar-refractivity contribution in [1.82, 2.24) is 14.5 Å². The van der Waals surface area contributed by atoms with Crippen LogP contribution in [0.3, 0.4) is 0 Å². The Hall–Kier alpha value is -2.18. The molecule has 1 atom stereocenters. The van der Waals surface area contributed by atoms with Crippen molar-refractivity contribution in [1.29, 1.82) is 0 Å². The van der Waals surface area contributed by atoms with Crippen LogP contribution in [-0.2, 0) is 25.9 Å². The lowest BCUT2D eigenvalue weighted by molar-refractivity contribution is 0.288. The monoisotopic (exact) mass is 411 g/mol. The molecule has 0 bridgehead atoms. The van der Waals surface area contributed by atoms with E-state index in [0.717, 1.165) is 41.1 Å². The molecule has 1 unspecified atom stereocenters. The smallest absolute Gasteiger partial charge is 0.262 e. The zero-order chi connectivity index (χ0) is 20.5. The van der Waals surface area contributed by atoms with Crippen LogP contribution in [0.25, 0.3) is 10.2 Å². The standard InChI is InChI=1S/C23H29N3O2S/c1-15-5-8-17(9-6-15)28-12-11-26-20(14-25(3)4)24-22-21(23(26)27)18-10-7-16(2)13-19(18)29-22/h5-6,8-9,16H,7,10-14H2,1-4H3. The van der Waals surface area contributed by atoms with Gasteiger partial charge in [-0.1, -0.05) is 24.6 Å². The Labute approximate surface area is 176 Å². The summed E-state index contributed by atoms with van der Waals surface area (Å²) in [5, 5.41) is 0.842. The van der Waals surface area contributed by atoms with E-state index >= 15 is 0 Å². The maximum atomic E-state index is 13.5. The van der Waals surface area contributed by atoms with E-state index in [-0.39, 0.29) is 5.56 Å². The summed E-state index contributed by atoms with van der Waals surface area (Å²) in [5.41, 5.74) is 2.53. The van der Waals surface area contributed by atoms with Gasteiger partial charge in [-0.05, 0) is 63.9 Å². The molecule has 2 aromatic heterocycles. The number of nitrogens with zero attached hydrogens (tertiary/aromatic N) is 3. The fraction of sp³-hybridized carbons (Fsp3) is 0.478. The van der Waals surface area contributed by atoms with Gasteiger partial charge in [0.2, 0.25) is 0 Å². The topological polar surface area (TPSA) is 47.4 Å². The summed E-state index contributed by atoms with van der Waals surface area (Å²) in [4.78, 5) is 22.7. The number of benzene rings is 1. The van der Waals surface area contributed by atoms with Gasteiger partial charge in [0.15, 0.2) is 0 Å². The second kappa shape index (κ2) is 8.28. The van der Waals surface area contributed by atoms with E-state index in [0.29, 0.717) is 25.6 Å². The van der Waals surface area contributed by atoms with Crippen LogP contribution >= 0.6 is 11.3 Å². The third-order valence-corrected chi connectivity index (χ3v) is 6.70. The first-order valence-corrected chi connectivity index (χ1v) is 11.1. The Kier molecular flexibility index (Phi) is 5.74. The van der Waals surface area contributed by atoms with Crippen molar-refractivity contribution < 1.29 is 4.74 Å². The molecule has 6 heteroatoms. The van der Waals surface area contributed by atoms with E-state index in [9.17, 15) is 4.79 Å². The van der Waals surface area contributed by atoms with E-state index in [1.165, 1.54) is 16.0 Å². The lowest BCUT2D eigenvalue weighted by Crippen LogP contribution is -2.30. The highest BCUT2D eigenvalue weighted by Crippen LogP contribution is 2.35. The van der Waals surface area contributed by atoms with Crippen LogP contribution in [0.15, 0.2) is 29.1 Å². The second-order valence-electron chi connectivity index (χ2n) is 8.42. The molecular weight excluding hydrogens is 382 g/mol. The Morgan fingerprint density at radius 1 is 1.28 bits per heavy atom. The van der Waals surface area contributed by atoms with Crippen molar-refractivity contribution in [2.24, 2.45) is 5.92 Å². The van der Waals surface area contributed by atoms with Crippen LogP contribution in [0.4, 0.5) is 0 Å². The number of aryl methyl sites for hydroxylation is 2. The van der Waals surface area contributed by atoms with Gasteiger partial charge in [-0.25, -0.2) is 4.98 Å². The maximum Gasteiger partial charge on any atom is 0.262 e. The Morgan fingerprint density at radius 3 is 2.76 bits per heavy atom. The molecule has 154 valence electrons. The van der Waals surface area contributed by atoms with Crippen molar-refractivity contribution in [3.8, 4) is 5.75 Å². The summed E-state index contributed by atoms with van der Waals surface area (Å²) in [7, 11) is 4.01. The zero-order valence-corrected chi connectivity index (χ0v) is 18.5. The molecule has 1 aromatic carbocycles. The van der Waals surface area contributed by atoms with Crippen molar-refractivity contribution >= 4 is 21.6 Å². The van der Waals surface area contributed by atoms with Crippen LogP contribution in [0.1, 0.15) is 35.2 Å². The van der Waals surface area contributed by atoms with Crippen LogP contribution in [-0.4, -0.2) is 35.2 Å². The summed E-state index contributed by atoms with van der Waals surface area (Å²) in [6, 6.07) is 8.00. The molecule has 2 heterocycles. The Balaban J connectivity index is 1.67. The molecule has 3 aromatic rings. The first-order valence-electron chi connectivity index (χ1n) is 10.3. The van der Waals surface area contributed by atoms with Gasteiger partial charge in [0.25, 0.3) is 5.56 Å². The van der Waals surface area contributed by atoms with Gasteiger partial charge in [-0.2, -0.15) is 0 Å². The van der Waals surface area contributed by atoms with Gasteiger partial charge < -0.3 is 9.64 Å². The Morgan fingerprint density at radius 2 is 2.03 bits per heavy atom. The van der Waals surface area contributed by atoms with Crippen molar-refractivity contribution in [2.45, 2.75) is 46.2 Å². The third-order valence-electron chi connectivity index (χ3n) is 5.56. The summed E-state index contributed by atoms with van der Waals surface area (Å²) < 4.78 is 7.72. The number of rotatable bonds is 6. The molecule has 0 fully saturated rings. The first kappa shape index (κ1) is 20.1. The number of hydrogen-bond donors (Lipinski definition) is 0. The third kappa shape index (κ3) is 4.23. The van der Waals surface area contributed by atoms with Gasteiger partial charge >= 0.3 is 0 Å². The lowest BCUT2D eigenvalue weighted by atomic mass is 9.89. The van der Waals surface area contributed by atoms with E-state index < -0.39 is 0 Å². The average Bonchev–Trinajstić information content (AvgIpc) is 3.02. The van der Waals surface area contributed by atoms with Crippen LogP contribution in [0.5, 0.6) is 5.75 Å². The average molecular weight is 412 g/mol. The molecule has 0 spiro atoms.